The third-order valence-electron chi connectivity index (χ3n) is 1.35. The van der Waals surface area contributed by atoms with Gasteiger partial charge in [-0.05, 0) is 6.92 Å². The summed E-state index contributed by atoms with van der Waals surface area (Å²) >= 11 is 3.35. The minimum absolute atomic E-state index is 0.950. The van der Waals surface area contributed by atoms with E-state index in [0.29, 0.717) is 0 Å². The molecular weight excluding hydrogens is 194 g/mol. The standard InChI is InChI=1S/C6H10BrN3/c1-2-10-5-8-9-6(10)3-4-7/h5H,2-4H2,1H3. The summed E-state index contributed by atoms with van der Waals surface area (Å²) in [5, 5.41) is 8.71. The summed E-state index contributed by atoms with van der Waals surface area (Å²) in [5.41, 5.74) is 0. The summed E-state index contributed by atoms with van der Waals surface area (Å²) in [6.45, 7) is 3.04. The largest absolute Gasteiger partial charge is 0.318 e. The van der Waals surface area contributed by atoms with E-state index in [1.807, 2.05) is 4.57 Å². The van der Waals surface area contributed by atoms with Crippen LogP contribution in [-0.2, 0) is 13.0 Å². The zero-order valence-electron chi connectivity index (χ0n) is 5.92. The van der Waals surface area contributed by atoms with Crippen molar-refractivity contribution in [3.8, 4) is 0 Å². The van der Waals surface area contributed by atoms with Crippen molar-refractivity contribution in [2.75, 3.05) is 5.33 Å². The van der Waals surface area contributed by atoms with Crippen LogP contribution in [0.3, 0.4) is 0 Å². The maximum atomic E-state index is 3.96. The maximum absolute atomic E-state index is 3.96. The van der Waals surface area contributed by atoms with Crippen molar-refractivity contribution in [1.82, 2.24) is 14.8 Å². The molecule has 1 rings (SSSR count). The number of rotatable bonds is 3. The number of nitrogens with zero attached hydrogens (tertiary/aromatic N) is 3. The molecule has 0 amide bonds. The Kier molecular flexibility index (Phi) is 2.86. The quantitative estimate of drug-likeness (QED) is 0.693. The van der Waals surface area contributed by atoms with Gasteiger partial charge in [0.25, 0.3) is 0 Å². The van der Waals surface area contributed by atoms with Crippen LogP contribution in [0.25, 0.3) is 0 Å². The van der Waals surface area contributed by atoms with Crippen molar-refractivity contribution in [2.24, 2.45) is 0 Å². The average molecular weight is 204 g/mol. The monoisotopic (exact) mass is 203 g/mol. The van der Waals surface area contributed by atoms with Gasteiger partial charge in [-0.15, -0.1) is 10.2 Å². The van der Waals surface area contributed by atoms with Gasteiger partial charge >= 0.3 is 0 Å². The molecule has 1 heterocycles. The molecule has 4 heteroatoms. The van der Waals surface area contributed by atoms with Crippen LogP contribution in [0.5, 0.6) is 0 Å². The lowest BCUT2D eigenvalue weighted by atomic mass is 10.4. The molecule has 0 aliphatic rings. The van der Waals surface area contributed by atoms with E-state index in [9.17, 15) is 0 Å². The fourth-order valence-electron chi connectivity index (χ4n) is 0.821. The Morgan fingerprint density at radius 1 is 1.70 bits per heavy atom. The van der Waals surface area contributed by atoms with Gasteiger partial charge in [0.15, 0.2) is 0 Å². The molecule has 3 nitrogen and oxygen atoms in total. The number of hydrogen-bond donors (Lipinski definition) is 0. The summed E-state index contributed by atoms with van der Waals surface area (Å²) in [4.78, 5) is 0. The third-order valence-corrected chi connectivity index (χ3v) is 1.75. The molecule has 56 valence electrons. The SMILES string of the molecule is CCn1cnnc1CCBr. The second-order valence-electron chi connectivity index (χ2n) is 1.97. The van der Waals surface area contributed by atoms with Crippen molar-refractivity contribution < 1.29 is 0 Å². The van der Waals surface area contributed by atoms with E-state index in [-0.39, 0.29) is 0 Å². The highest BCUT2D eigenvalue weighted by atomic mass is 79.9. The van der Waals surface area contributed by atoms with E-state index in [4.69, 9.17) is 0 Å². The first kappa shape index (κ1) is 7.72. The van der Waals surface area contributed by atoms with Crippen LogP contribution in [0, 0.1) is 0 Å². The Morgan fingerprint density at radius 3 is 3.10 bits per heavy atom. The van der Waals surface area contributed by atoms with Gasteiger partial charge in [0.2, 0.25) is 0 Å². The van der Waals surface area contributed by atoms with Crippen molar-refractivity contribution in [2.45, 2.75) is 19.9 Å². The number of aryl methyl sites for hydroxylation is 2. The van der Waals surface area contributed by atoms with Crippen LogP contribution < -0.4 is 0 Å². The van der Waals surface area contributed by atoms with E-state index in [2.05, 4.69) is 33.1 Å². The Morgan fingerprint density at radius 2 is 2.50 bits per heavy atom. The number of aromatic nitrogens is 3. The van der Waals surface area contributed by atoms with Crippen molar-refractivity contribution >= 4 is 15.9 Å². The summed E-state index contributed by atoms with van der Waals surface area (Å²) < 4.78 is 2.04. The van der Waals surface area contributed by atoms with Gasteiger partial charge in [-0.25, -0.2) is 0 Å². The predicted molar refractivity (Wildman–Crippen MR) is 43.2 cm³/mol. The van der Waals surface area contributed by atoms with Crippen LogP contribution in [0.1, 0.15) is 12.7 Å². The smallest absolute Gasteiger partial charge is 0.133 e. The molecule has 0 N–H and O–H groups in total. The highest BCUT2D eigenvalue weighted by Gasteiger charge is 1.98. The van der Waals surface area contributed by atoms with Crippen LogP contribution in [0.4, 0.5) is 0 Å². The summed E-state index contributed by atoms with van der Waals surface area (Å²) in [6, 6.07) is 0. The average Bonchev–Trinajstić information content (AvgIpc) is 2.36. The molecule has 1 aromatic rings. The van der Waals surface area contributed by atoms with Gasteiger partial charge in [0, 0.05) is 18.3 Å². The summed E-state index contributed by atoms with van der Waals surface area (Å²) in [7, 11) is 0. The van der Waals surface area contributed by atoms with E-state index < -0.39 is 0 Å². The predicted octanol–water partition coefficient (Wildman–Crippen LogP) is 1.24. The van der Waals surface area contributed by atoms with Crippen molar-refractivity contribution in [1.29, 1.82) is 0 Å². The van der Waals surface area contributed by atoms with Gasteiger partial charge in [-0.2, -0.15) is 0 Å². The lowest BCUT2D eigenvalue weighted by Gasteiger charge is -1.98. The van der Waals surface area contributed by atoms with Crippen LogP contribution in [-0.4, -0.2) is 20.1 Å². The van der Waals surface area contributed by atoms with Gasteiger partial charge in [0.05, 0.1) is 0 Å². The molecule has 1 aromatic heterocycles. The van der Waals surface area contributed by atoms with E-state index in [1.54, 1.807) is 6.33 Å². The second kappa shape index (κ2) is 3.71. The highest BCUT2D eigenvalue weighted by molar-refractivity contribution is 9.09. The second-order valence-corrected chi connectivity index (χ2v) is 2.77. The molecule has 0 radical (unpaired) electrons. The molecule has 0 aliphatic heterocycles. The van der Waals surface area contributed by atoms with E-state index >= 15 is 0 Å². The molecule has 0 atom stereocenters. The molecular formula is C6H10BrN3. The molecule has 0 bridgehead atoms. The number of alkyl halides is 1. The number of halogens is 1. The van der Waals surface area contributed by atoms with Gasteiger partial charge in [-0.3, -0.25) is 0 Å². The molecule has 0 aromatic carbocycles. The molecule has 0 fully saturated rings. The van der Waals surface area contributed by atoms with Gasteiger partial charge in [-0.1, -0.05) is 15.9 Å². The lowest BCUT2D eigenvalue weighted by Crippen LogP contribution is -2.00. The van der Waals surface area contributed by atoms with E-state index in [1.165, 1.54) is 0 Å². The normalized spacial score (nSPS) is 10.2. The highest BCUT2D eigenvalue weighted by Crippen LogP contribution is 1.97. The Bertz CT molecular complexity index is 197. The minimum atomic E-state index is 0.950. The van der Waals surface area contributed by atoms with Gasteiger partial charge in [0.1, 0.15) is 12.2 Å². The molecule has 0 spiro atoms. The lowest BCUT2D eigenvalue weighted by molar-refractivity contribution is 0.708. The van der Waals surface area contributed by atoms with Crippen LogP contribution in [0.15, 0.2) is 6.33 Å². The molecule has 0 unspecified atom stereocenters. The summed E-state index contributed by atoms with van der Waals surface area (Å²) in [5.74, 6) is 1.05. The summed E-state index contributed by atoms with van der Waals surface area (Å²) in [6.07, 6.45) is 2.71. The molecule has 0 saturated heterocycles. The third kappa shape index (κ3) is 1.56. The fraction of sp³-hybridized carbons (Fsp3) is 0.667. The van der Waals surface area contributed by atoms with Crippen molar-refractivity contribution in [3.05, 3.63) is 12.2 Å². The zero-order chi connectivity index (χ0) is 7.40. The Labute approximate surface area is 68.6 Å². The van der Waals surface area contributed by atoms with Crippen LogP contribution >= 0.6 is 15.9 Å². The zero-order valence-corrected chi connectivity index (χ0v) is 7.50. The van der Waals surface area contributed by atoms with Crippen molar-refractivity contribution in [3.63, 3.8) is 0 Å². The first-order valence-corrected chi connectivity index (χ1v) is 4.43. The maximum Gasteiger partial charge on any atom is 0.133 e. The fourth-order valence-corrected chi connectivity index (χ4v) is 1.18. The Balaban J connectivity index is 2.70. The first-order valence-electron chi connectivity index (χ1n) is 3.31. The molecule has 0 saturated carbocycles. The van der Waals surface area contributed by atoms with Crippen LogP contribution in [0.2, 0.25) is 0 Å². The Hall–Kier alpha value is -0.380. The van der Waals surface area contributed by atoms with E-state index in [0.717, 1.165) is 24.1 Å². The topological polar surface area (TPSA) is 30.7 Å². The first-order chi connectivity index (χ1) is 4.88. The van der Waals surface area contributed by atoms with Gasteiger partial charge < -0.3 is 4.57 Å². The molecule has 10 heavy (non-hydrogen) atoms. The minimum Gasteiger partial charge on any atom is -0.318 e. The molecule has 0 aliphatic carbocycles. The number of hydrogen-bond acceptors (Lipinski definition) is 2.